The molecule has 1 rings (SSSR count). The van der Waals surface area contributed by atoms with Crippen LogP contribution in [0.4, 0.5) is 0 Å². The van der Waals surface area contributed by atoms with Crippen molar-refractivity contribution in [2.75, 3.05) is 20.6 Å². The van der Waals surface area contributed by atoms with Crippen LogP contribution < -0.4 is 5.32 Å². The Balaban J connectivity index is 2.44. The number of aromatic nitrogens is 2. The van der Waals surface area contributed by atoms with Gasteiger partial charge >= 0.3 is 0 Å². The van der Waals surface area contributed by atoms with E-state index >= 15 is 0 Å². The van der Waals surface area contributed by atoms with Crippen LogP contribution in [0.3, 0.4) is 0 Å². The molecule has 1 aromatic heterocycles. The zero-order valence-corrected chi connectivity index (χ0v) is 8.37. The lowest BCUT2D eigenvalue weighted by molar-refractivity contribution is 0.344. The molecule has 1 heterocycles. The summed E-state index contributed by atoms with van der Waals surface area (Å²) in [4.78, 5) is 6.21. The predicted octanol–water partition coefficient (Wildman–Crippen LogP) is 0.241. The first kappa shape index (κ1) is 10.1. The lowest BCUT2D eigenvalue weighted by Gasteiger charge is -2.03. The highest BCUT2D eigenvalue weighted by molar-refractivity contribution is 4.85. The van der Waals surface area contributed by atoms with Crippen molar-refractivity contribution < 1.29 is 4.52 Å². The highest BCUT2D eigenvalue weighted by Gasteiger charge is 2.05. The molecule has 0 spiro atoms. The van der Waals surface area contributed by atoms with Crippen LogP contribution in [0.2, 0.25) is 0 Å². The summed E-state index contributed by atoms with van der Waals surface area (Å²) in [7, 11) is 3.95. The Hall–Kier alpha value is -0.940. The van der Waals surface area contributed by atoms with Gasteiger partial charge in [-0.2, -0.15) is 4.98 Å². The normalized spacial score (nSPS) is 11.1. The van der Waals surface area contributed by atoms with E-state index in [0.29, 0.717) is 12.4 Å². The summed E-state index contributed by atoms with van der Waals surface area (Å²) in [6.07, 6.45) is 0. The number of nitrogens with one attached hydrogen (secondary N) is 1. The monoisotopic (exact) mass is 184 g/mol. The molecule has 1 aromatic rings. The zero-order chi connectivity index (χ0) is 9.68. The van der Waals surface area contributed by atoms with Crippen molar-refractivity contribution in [2.24, 2.45) is 0 Å². The van der Waals surface area contributed by atoms with Gasteiger partial charge in [0.15, 0.2) is 5.82 Å². The van der Waals surface area contributed by atoms with E-state index in [4.69, 9.17) is 4.52 Å². The van der Waals surface area contributed by atoms with Gasteiger partial charge in [0, 0.05) is 0 Å². The van der Waals surface area contributed by atoms with Crippen molar-refractivity contribution in [3.63, 3.8) is 0 Å². The summed E-state index contributed by atoms with van der Waals surface area (Å²) < 4.78 is 5.02. The average Bonchev–Trinajstić information content (AvgIpc) is 2.48. The minimum atomic E-state index is 0.650. The van der Waals surface area contributed by atoms with Crippen LogP contribution in [0.25, 0.3) is 0 Å². The van der Waals surface area contributed by atoms with Gasteiger partial charge in [-0.1, -0.05) is 12.1 Å². The van der Waals surface area contributed by atoms with Crippen LogP contribution >= 0.6 is 0 Å². The molecule has 5 nitrogen and oxygen atoms in total. The summed E-state index contributed by atoms with van der Waals surface area (Å²) in [5.41, 5.74) is 0. The van der Waals surface area contributed by atoms with Crippen molar-refractivity contribution >= 4 is 0 Å². The maximum atomic E-state index is 5.02. The van der Waals surface area contributed by atoms with Crippen LogP contribution in [-0.2, 0) is 13.1 Å². The second-order valence-corrected chi connectivity index (χ2v) is 3.12. The molecule has 0 aromatic carbocycles. The van der Waals surface area contributed by atoms with Gasteiger partial charge < -0.3 is 14.7 Å². The van der Waals surface area contributed by atoms with Gasteiger partial charge in [0.05, 0.1) is 13.1 Å². The molecule has 0 radical (unpaired) electrons. The van der Waals surface area contributed by atoms with Crippen molar-refractivity contribution in [1.82, 2.24) is 20.4 Å². The molecule has 0 unspecified atom stereocenters. The predicted molar refractivity (Wildman–Crippen MR) is 49.1 cm³/mol. The molecule has 0 aliphatic rings. The molecule has 74 valence electrons. The van der Waals surface area contributed by atoms with Gasteiger partial charge in [0.2, 0.25) is 5.89 Å². The number of nitrogens with zero attached hydrogens (tertiary/aromatic N) is 3. The molecule has 0 aliphatic heterocycles. The topological polar surface area (TPSA) is 54.2 Å². The molecule has 0 bridgehead atoms. The lowest BCUT2D eigenvalue weighted by Crippen LogP contribution is -2.13. The van der Waals surface area contributed by atoms with Gasteiger partial charge in [-0.15, -0.1) is 0 Å². The second-order valence-electron chi connectivity index (χ2n) is 3.12. The molecule has 1 N–H and O–H groups in total. The Bertz CT molecular complexity index is 246. The summed E-state index contributed by atoms with van der Waals surface area (Å²) >= 11 is 0. The number of hydrogen-bond donors (Lipinski definition) is 1. The number of hydrogen-bond acceptors (Lipinski definition) is 5. The van der Waals surface area contributed by atoms with E-state index in [9.17, 15) is 0 Å². The van der Waals surface area contributed by atoms with E-state index in [0.717, 1.165) is 18.9 Å². The molecule has 5 heteroatoms. The van der Waals surface area contributed by atoms with Crippen molar-refractivity contribution in [2.45, 2.75) is 20.0 Å². The van der Waals surface area contributed by atoms with Crippen LogP contribution in [0.1, 0.15) is 18.6 Å². The Morgan fingerprint density at radius 3 is 2.85 bits per heavy atom. The van der Waals surface area contributed by atoms with Gasteiger partial charge in [-0.25, -0.2) is 0 Å². The molecule has 0 saturated carbocycles. The largest absolute Gasteiger partial charge is 0.338 e. The standard InChI is InChI=1S/C8H16N4O/c1-4-9-5-8-10-7(11-13-8)6-12(2)3/h9H,4-6H2,1-3H3. The van der Waals surface area contributed by atoms with Crippen LogP contribution in [0.15, 0.2) is 4.52 Å². The summed E-state index contributed by atoms with van der Waals surface area (Å²) in [5.74, 6) is 1.39. The van der Waals surface area contributed by atoms with E-state index in [2.05, 4.69) is 15.5 Å². The Morgan fingerprint density at radius 2 is 2.23 bits per heavy atom. The lowest BCUT2D eigenvalue weighted by atomic mass is 10.5. The van der Waals surface area contributed by atoms with Gasteiger partial charge in [-0.05, 0) is 20.6 Å². The Labute approximate surface area is 78.1 Å². The Morgan fingerprint density at radius 1 is 1.46 bits per heavy atom. The molecule has 0 atom stereocenters. The quantitative estimate of drug-likeness (QED) is 0.710. The molecular formula is C8H16N4O. The SMILES string of the molecule is CCNCc1nc(CN(C)C)no1. The van der Waals surface area contributed by atoms with Crippen LogP contribution in [-0.4, -0.2) is 35.7 Å². The van der Waals surface area contributed by atoms with E-state index in [1.165, 1.54) is 0 Å². The van der Waals surface area contributed by atoms with Crippen molar-refractivity contribution in [3.05, 3.63) is 11.7 Å². The van der Waals surface area contributed by atoms with Gasteiger partial charge in [0.25, 0.3) is 0 Å². The summed E-state index contributed by atoms with van der Waals surface area (Å²) in [6.45, 7) is 4.31. The molecule has 0 aliphatic carbocycles. The van der Waals surface area contributed by atoms with E-state index in [-0.39, 0.29) is 0 Å². The van der Waals surface area contributed by atoms with Gasteiger partial charge in [-0.3, -0.25) is 0 Å². The highest BCUT2D eigenvalue weighted by Crippen LogP contribution is 1.98. The maximum absolute atomic E-state index is 5.02. The van der Waals surface area contributed by atoms with Crippen molar-refractivity contribution in [1.29, 1.82) is 0 Å². The average molecular weight is 184 g/mol. The highest BCUT2D eigenvalue weighted by atomic mass is 16.5. The minimum absolute atomic E-state index is 0.650. The van der Waals surface area contributed by atoms with Crippen molar-refractivity contribution in [3.8, 4) is 0 Å². The maximum Gasteiger partial charge on any atom is 0.240 e. The smallest absolute Gasteiger partial charge is 0.240 e. The van der Waals surface area contributed by atoms with Gasteiger partial charge in [0.1, 0.15) is 0 Å². The fraction of sp³-hybridized carbons (Fsp3) is 0.750. The molecule has 0 fully saturated rings. The molecule has 0 amide bonds. The third-order valence-corrected chi connectivity index (χ3v) is 1.49. The first-order chi connectivity index (χ1) is 6.22. The first-order valence-electron chi connectivity index (χ1n) is 4.39. The third-order valence-electron chi connectivity index (χ3n) is 1.49. The van der Waals surface area contributed by atoms with Crippen LogP contribution in [0.5, 0.6) is 0 Å². The first-order valence-corrected chi connectivity index (χ1v) is 4.39. The van der Waals surface area contributed by atoms with E-state index in [1.54, 1.807) is 0 Å². The molecular weight excluding hydrogens is 168 g/mol. The summed E-state index contributed by atoms with van der Waals surface area (Å²) in [5, 5.41) is 6.96. The summed E-state index contributed by atoms with van der Waals surface area (Å²) in [6, 6.07) is 0. The fourth-order valence-electron chi connectivity index (χ4n) is 0.941. The molecule has 13 heavy (non-hydrogen) atoms. The minimum Gasteiger partial charge on any atom is -0.338 e. The van der Waals surface area contributed by atoms with E-state index in [1.807, 2.05) is 25.9 Å². The van der Waals surface area contributed by atoms with E-state index < -0.39 is 0 Å². The zero-order valence-electron chi connectivity index (χ0n) is 8.37. The fourth-order valence-corrected chi connectivity index (χ4v) is 0.941. The molecule has 0 saturated heterocycles. The number of rotatable bonds is 5. The second kappa shape index (κ2) is 4.94. The Kier molecular flexibility index (Phi) is 3.85. The third kappa shape index (κ3) is 3.52. The van der Waals surface area contributed by atoms with Crippen LogP contribution in [0, 0.1) is 0 Å².